The lowest BCUT2D eigenvalue weighted by atomic mass is 9.91. The molecule has 0 saturated carbocycles. The van der Waals surface area contributed by atoms with Crippen molar-refractivity contribution in [3.8, 4) is 0 Å². The summed E-state index contributed by atoms with van der Waals surface area (Å²) in [7, 11) is 0. The van der Waals surface area contributed by atoms with Gasteiger partial charge < -0.3 is 15.0 Å². The van der Waals surface area contributed by atoms with E-state index < -0.39 is 41.6 Å². The number of amides is 4. The van der Waals surface area contributed by atoms with Crippen molar-refractivity contribution in [1.82, 2.24) is 15.1 Å². The fourth-order valence-electron chi connectivity index (χ4n) is 3.18. The van der Waals surface area contributed by atoms with E-state index in [1.807, 2.05) is 6.92 Å². The summed E-state index contributed by atoms with van der Waals surface area (Å²) in [4.78, 5) is 39.6. The fraction of sp³-hybridized carbons (Fsp3) is 0.471. The molecular weight excluding hydrogens is 348 g/mol. The summed E-state index contributed by atoms with van der Waals surface area (Å²) in [5.41, 5.74) is -2.06. The first-order chi connectivity index (χ1) is 12.2. The summed E-state index contributed by atoms with van der Waals surface area (Å²) in [5.74, 6) is -2.77. The quantitative estimate of drug-likeness (QED) is 0.808. The fourth-order valence-corrected chi connectivity index (χ4v) is 3.18. The van der Waals surface area contributed by atoms with Gasteiger partial charge in [-0.25, -0.2) is 13.6 Å². The normalized spacial score (nSPS) is 26.2. The van der Waals surface area contributed by atoms with Crippen LogP contribution in [0.2, 0.25) is 0 Å². The number of benzene rings is 1. The van der Waals surface area contributed by atoms with Crippen LogP contribution in [0.4, 0.5) is 13.6 Å². The Bertz CT molecular complexity index is 772. The first kappa shape index (κ1) is 18.2. The van der Waals surface area contributed by atoms with Crippen LogP contribution in [0.15, 0.2) is 18.2 Å². The topological polar surface area (TPSA) is 79.0 Å². The van der Waals surface area contributed by atoms with Gasteiger partial charge in [0.25, 0.3) is 5.91 Å². The number of urea groups is 1. The van der Waals surface area contributed by atoms with Crippen LogP contribution in [0.5, 0.6) is 0 Å². The minimum absolute atomic E-state index is 0.137. The summed E-state index contributed by atoms with van der Waals surface area (Å²) in [6.07, 6.45) is -0.137. The van der Waals surface area contributed by atoms with Crippen molar-refractivity contribution < 1.29 is 27.9 Å². The monoisotopic (exact) mass is 367 g/mol. The van der Waals surface area contributed by atoms with E-state index in [2.05, 4.69) is 5.32 Å². The zero-order chi connectivity index (χ0) is 19.1. The van der Waals surface area contributed by atoms with Crippen LogP contribution in [-0.2, 0) is 19.9 Å². The van der Waals surface area contributed by atoms with Gasteiger partial charge in [0, 0.05) is 18.7 Å². The number of nitrogens with one attached hydrogen (secondary N) is 1. The van der Waals surface area contributed by atoms with Crippen molar-refractivity contribution in [1.29, 1.82) is 0 Å². The third-order valence-corrected chi connectivity index (χ3v) is 4.63. The van der Waals surface area contributed by atoms with Crippen molar-refractivity contribution >= 4 is 17.8 Å². The van der Waals surface area contributed by atoms with Crippen molar-refractivity contribution in [2.75, 3.05) is 26.2 Å². The highest BCUT2D eigenvalue weighted by molar-refractivity contribution is 6.09. The van der Waals surface area contributed by atoms with Crippen molar-refractivity contribution in [3.63, 3.8) is 0 Å². The van der Waals surface area contributed by atoms with Crippen molar-refractivity contribution in [2.45, 2.75) is 25.5 Å². The second-order valence-electron chi connectivity index (χ2n) is 6.59. The summed E-state index contributed by atoms with van der Waals surface area (Å²) in [6, 6.07) is 1.85. The minimum atomic E-state index is -1.78. The molecule has 2 aliphatic rings. The van der Waals surface area contributed by atoms with E-state index in [1.54, 1.807) is 0 Å². The van der Waals surface area contributed by atoms with Crippen molar-refractivity contribution in [3.05, 3.63) is 35.4 Å². The number of carbonyl (C=O) groups is 3. The number of morpholine rings is 1. The Morgan fingerprint density at radius 1 is 1.38 bits per heavy atom. The van der Waals surface area contributed by atoms with Crippen LogP contribution < -0.4 is 5.32 Å². The van der Waals surface area contributed by atoms with Gasteiger partial charge in [0.2, 0.25) is 5.91 Å². The molecule has 3 rings (SSSR count). The first-order valence-corrected chi connectivity index (χ1v) is 8.21. The molecule has 4 amide bonds. The molecule has 0 aromatic heterocycles. The molecule has 2 atom stereocenters. The molecule has 9 heteroatoms. The molecule has 2 saturated heterocycles. The SMILES string of the molecule is CC1CN(C(=O)CN2C(=O)NC(C)(c3cc(F)ccc3F)C2=O)CCO1. The maximum Gasteiger partial charge on any atom is 0.325 e. The summed E-state index contributed by atoms with van der Waals surface area (Å²) >= 11 is 0. The van der Waals surface area contributed by atoms with E-state index in [1.165, 1.54) is 11.8 Å². The molecule has 2 heterocycles. The Balaban J connectivity index is 1.80. The largest absolute Gasteiger partial charge is 0.375 e. The number of halogens is 2. The van der Waals surface area contributed by atoms with Crippen LogP contribution in [0.3, 0.4) is 0 Å². The Labute approximate surface area is 148 Å². The number of rotatable bonds is 3. The molecule has 2 unspecified atom stereocenters. The maximum absolute atomic E-state index is 14.1. The molecule has 1 aromatic rings. The second kappa shape index (κ2) is 6.64. The highest BCUT2D eigenvalue weighted by Crippen LogP contribution is 2.31. The summed E-state index contributed by atoms with van der Waals surface area (Å²) < 4.78 is 33.0. The maximum atomic E-state index is 14.1. The second-order valence-corrected chi connectivity index (χ2v) is 6.59. The number of nitrogens with zero attached hydrogens (tertiary/aromatic N) is 2. The highest BCUT2D eigenvalue weighted by Gasteiger charge is 2.51. The van der Waals surface area contributed by atoms with Gasteiger partial charge in [-0.2, -0.15) is 0 Å². The van der Waals surface area contributed by atoms with Crippen LogP contribution in [0.1, 0.15) is 19.4 Å². The van der Waals surface area contributed by atoms with E-state index in [0.717, 1.165) is 23.1 Å². The highest BCUT2D eigenvalue weighted by atomic mass is 19.1. The smallest absolute Gasteiger partial charge is 0.325 e. The van der Waals surface area contributed by atoms with Gasteiger partial charge >= 0.3 is 6.03 Å². The average Bonchev–Trinajstić information content (AvgIpc) is 2.81. The number of imide groups is 1. The van der Waals surface area contributed by atoms with Gasteiger partial charge in [-0.15, -0.1) is 0 Å². The predicted molar refractivity (Wildman–Crippen MR) is 85.9 cm³/mol. The first-order valence-electron chi connectivity index (χ1n) is 8.21. The third kappa shape index (κ3) is 3.14. The summed E-state index contributed by atoms with van der Waals surface area (Å²) in [5, 5.41) is 2.37. The van der Waals surface area contributed by atoms with E-state index >= 15 is 0 Å². The van der Waals surface area contributed by atoms with Crippen LogP contribution in [-0.4, -0.2) is 60.0 Å². The number of carbonyl (C=O) groups excluding carboxylic acids is 3. The molecule has 1 aromatic carbocycles. The zero-order valence-corrected chi connectivity index (χ0v) is 14.4. The molecule has 7 nitrogen and oxygen atoms in total. The van der Waals surface area contributed by atoms with Crippen LogP contribution >= 0.6 is 0 Å². The molecule has 0 radical (unpaired) electrons. The number of hydrogen-bond donors (Lipinski definition) is 1. The average molecular weight is 367 g/mol. The molecule has 26 heavy (non-hydrogen) atoms. The van der Waals surface area contributed by atoms with Crippen LogP contribution in [0, 0.1) is 11.6 Å². The third-order valence-electron chi connectivity index (χ3n) is 4.63. The van der Waals surface area contributed by atoms with Crippen molar-refractivity contribution in [2.24, 2.45) is 0 Å². The zero-order valence-electron chi connectivity index (χ0n) is 14.4. The summed E-state index contributed by atoms with van der Waals surface area (Å²) in [6.45, 7) is 3.73. The van der Waals surface area contributed by atoms with E-state index in [9.17, 15) is 23.2 Å². The molecule has 0 spiro atoms. The molecule has 2 aliphatic heterocycles. The van der Waals surface area contributed by atoms with Gasteiger partial charge in [-0.3, -0.25) is 14.5 Å². The predicted octanol–water partition coefficient (Wildman–Crippen LogP) is 0.979. The lowest BCUT2D eigenvalue weighted by molar-refractivity contribution is -0.143. The molecule has 0 bridgehead atoms. The van der Waals surface area contributed by atoms with E-state index in [-0.39, 0.29) is 11.7 Å². The molecular formula is C17H19F2N3O4. The standard InChI is InChI=1S/C17H19F2N3O4/c1-10-8-21(5-6-26-10)14(23)9-22-15(24)17(2,20-16(22)25)12-7-11(18)3-4-13(12)19/h3-4,7,10H,5-6,8-9H2,1-2H3,(H,20,25). The Morgan fingerprint density at radius 3 is 2.81 bits per heavy atom. The molecule has 140 valence electrons. The van der Waals surface area contributed by atoms with Gasteiger partial charge in [-0.1, -0.05) is 0 Å². The lowest BCUT2D eigenvalue weighted by Gasteiger charge is -2.32. The minimum Gasteiger partial charge on any atom is -0.375 e. The molecule has 1 N–H and O–H groups in total. The van der Waals surface area contributed by atoms with Crippen LogP contribution in [0.25, 0.3) is 0 Å². The van der Waals surface area contributed by atoms with Gasteiger partial charge in [0.05, 0.1) is 12.7 Å². The Hall–Kier alpha value is -2.55. The van der Waals surface area contributed by atoms with Gasteiger partial charge in [0.15, 0.2) is 0 Å². The molecule has 0 aliphatic carbocycles. The number of hydrogen-bond acceptors (Lipinski definition) is 4. The Morgan fingerprint density at radius 2 is 2.12 bits per heavy atom. The molecule has 2 fully saturated rings. The van der Waals surface area contributed by atoms with E-state index in [0.29, 0.717) is 19.7 Å². The van der Waals surface area contributed by atoms with E-state index in [4.69, 9.17) is 4.74 Å². The Kier molecular flexibility index (Phi) is 4.66. The number of ether oxygens (including phenoxy) is 1. The lowest BCUT2D eigenvalue weighted by Crippen LogP contribution is -2.49. The van der Waals surface area contributed by atoms with Gasteiger partial charge in [-0.05, 0) is 32.0 Å². The van der Waals surface area contributed by atoms with Gasteiger partial charge in [0.1, 0.15) is 23.7 Å².